The van der Waals surface area contributed by atoms with Crippen molar-refractivity contribution in [3.05, 3.63) is 47.3 Å². The first kappa shape index (κ1) is 10.1. The Labute approximate surface area is 93.4 Å². The van der Waals surface area contributed by atoms with Crippen LogP contribution in [0.5, 0.6) is 0 Å². The van der Waals surface area contributed by atoms with Crippen molar-refractivity contribution in [1.82, 2.24) is 0 Å². The molecule has 2 aliphatic heterocycles. The second kappa shape index (κ2) is 3.29. The van der Waals surface area contributed by atoms with Gasteiger partial charge in [0.25, 0.3) is 0 Å². The third-order valence-corrected chi connectivity index (χ3v) is 2.52. The van der Waals surface area contributed by atoms with E-state index in [0.717, 1.165) is 16.8 Å². The van der Waals surface area contributed by atoms with Gasteiger partial charge in [0, 0.05) is 29.8 Å². The Kier molecular flexibility index (Phi) is 2.21. The number of fused-ring (bicyclic) bond motifs is 2. The van der Waals surface area contributed by atoms with Gasteiger partial charge in [0.05, 0.1) is 5.70 Å². The van der Waals surface area contributed by atoms with E-state index in [1.165, 1.54) is 0 Å². The minimum Gasteiger partial charge on any atom is -0.377 e. The van der Waals surface area contributed by atoms with Crippen LogP contribution in [0, 0.1) is 0 Å². The number of allylic oxidation sites excluding steroid dienone is 2. The summed E-state index contributed by atoms with van der Waals surface area (Å²) in [7, 11) is 0. The number of aliphatic hydroxyl groups is 1. The van der Waals surface area contributed by atoms with Crippen LogP contribution in [0.1, 0.15) is 0 Å². The molecule has 0 radical (unpaired) electrons. The van der Waals surface area contributed by atoms with Gasteiger partial charge < -0.3 is 5.11 Å². The van der Waals surface area contributed by atoms with E-state index in [9.17, 15) is 5.11 Å². The van der Waals surface area contributed by atoms with Gasteiger partial charge in [0.15, 0.2) is 0 Å². The Morgan fingerprint density at radius 1 is 1.33 bits per heavy atom. The summed E-state index contributed by atoms with van der Waals surface area (Å²) in [4.78, 5) is 8.14. The molecule has 1 N–H and O–H groups in total. The summed E-state index contributed by atoms with van der Waals surface area (Å²) >= 11 is 0. The first-order valence-corrected chi connectivity index (χ1v) is 4.41. The normalized spacial score (nSPS) is 29.8. The van der Waals surface area contributed by atoms with Crippen LogP contribution in [0.2, 0.25) is 0 Å². The summed E-state index contributed by atoms with van der Waals surface area (Å²) in [5.74, 6) is 0. The summed E-state index contributed by atoms with van der Waals surface area (Å²) in [5, 5.41) is 10.2. The zero-order chi connectivity index (χ0) is 9.60. The topological polar surface area (TPSA) is 45.0 Å². The van der Waals surface area contributed by atoms with Crippen molar-refractivity contribution in [1.29, 1.82) is 0 Å². The molecule has 1 atom stereocenters. The SMILES string of the molecule is Cl.OC12C=CN=CC1=CC1=CC=NC1=C2. The molecule has 0 aromatic carbocycles. The van der Waals surface area contributed by atoms with Crippen LogP contribution in [0.3, 0.4) is 0 Å². The van der Waals surface area contributed by atoms with Gasteiger partial charge in [-0.15, -0.1) is 12.4 Å². The lowest BCUT2D eigenvalue weighted by molar-refractivity contribution is 0.185. The van der Waals surface area contributed by atoms with Gasteiger partial charge in [-0.2, -0.15) is 0 Å². The van der Waals surface area contributed by atoms with Crippen LogP contribution in [-0.2, 0) is 0 Å². The fourth-order valence-electron chi connectivity index (χ4n) is 1.74. The van der Waals surface area contributed by atoms with Crippen molar-refractivity contribution in [2.75, 3.05) is 0 Å². The van der Waals surface area contributed by atoms with Gasteiger partial charge >= 0.3 is 0 Å². The molecular weight excluding hydrogens is 212 g/mol. The molecule has 76 valence electrons. The van der Waals surface area contributed by atoms with E-state index >= 15 is 0 Å². The minimum atomic E-state index is -1.02. The molecule has 3 rings (SSSR count). The molecule has 0 aromatic heterocycles. The standard InChI is InChI=1S/C11H8N2O.ClH/c14-11-2-4-12-7-9(11)5-8-1-3-13-10(8)6-11;/h1-7,14H;1H. The molecule has 3 nitrogen and oxygen atoms in total. The van der Waals surface area contributed by atoms with E-state index < -0.39 is 5.60 Å². The molecule has 0 saturated carbocycles. The predicted molar refractivity (Wildman–Crippen MR) is 62.6 cm³/mol. The van der Waals surface area contributed by atoms with Crippen molar-refractivity contribution in [2.45, 2.75) is 5.60 Å². The summed E-state index contributed by atoms with van der Waals surface area (Å²) < 4.78 is 0. The number of hydrogen-bond acceptors (Lipinski definition) is 3. The van der Waals surface area contributed by atoms with Gasteiger partial charge in [-0.1, -0.05) is 0 Å². The summed E-state index contributed by atoms with van der Waals surface area (Å²) in [6.45, 7) is 0. The number of rotatable bonds is 0. The Bertz CT molecular complexity index is 483. The maximum absolute atomic E-state index is 10.2. The third-order valence-electron chi connectivity index (χ3n) is 2.52. The van der Waals surface area contributed by atoms with Crippen LogP contribution in [-0.4, -0.2) is 23.1 Å². The molecule has 0 spiro atoms. The van der Waals surface area contributed by atoms with Gasteiger partial charge in [-0.25, -0.2) is 0 Å². The molecular formula is C11H9ClN2O. The molecule has 0 bridgehead atoms. The highest BCUT2D eigenvalue weighted by Crippen LogP contribution is 2.34. The summed E-state index contributed by atoms with van der Waals surface area (Å²) in [5.41, 5.74) is 1.64. The Balaban J connectivity index is 0.000000853. The second-order valence-corrected chi connectivity index (χ2v) is 3.45. The molecule has 3 aliphatic rings. The van der Waals surface area contributed by atoms with Gasteiger partial charge in [-0.05, 0) is 24.3 Å². The highest BCUT2D eigenvalue weighted by Gasteiger charge is 2.32. The average molecular weight is 221 g/mol. The summed E-state index contributed by atoms with van der Waals surface area (Å²) in [6, 6.07) is 0. The number of halogens is 1. The Morgan fingerprint density at radius 2 is 2.20 bits per heavy atom. The second-order valence-electron chi connectivity index (χ2n) is 3.45. The Hall–Kier alpha value is -1.45. The zero-order valence-electron chi connectivity index (χ0n) is 7.79. The molecule has 15 heavy (non-hydrogen) atoms. The van der Waals surface area contributed by atoms with E-state index in [2.05, 4.69) is 9.98 Å². The van der Waals surface area contributed by atoms with Crippen molar-refractivity contribution in [3.63, 3.8) is 0 Å². The van der Waals surface area contributed by atoms with Crippen molar-refractivity contribution < 1.29 is 5.11 Å². The van der Waals surface area contributed by atoms with Crippen molar-refractivity contribution in [2.24, 2.45) is 9.98 Å². The van der Waals surface area contributed by atoms with Gasteiger partial charge in [0.1, 0.15) is 5.60 Å². The predicted octanol–water partition coefficient (Wildman–Crippen LogP) is 1.57. The lowest BCUT2D eigenvalue weighted by Gasteiger charge is -2.27. The maximum Gasteiger partial charge on any atom is 0.132 e. The molecule has 0 saturated heterocycles. The van der Waals surface area contributed by atoms with Crippen molar-refractivity contribution >= 4 is 24.8 Å². The largest absolute Gasteiger partial charge is 0.377 e. The van der Waals surface area contributed by atoms with E-state index in [4.69, 9.17) is 0 Å². The lowest BCUT2D eigenvalue weighted by Crippen LogP contribution is -2.31. The van der Waals surface area contributed by atoms with Crippen LogP contribution < -0.4 is 0 Å². The molecule has 1 aliphatic carbocycles. The van der Waals surface area contributed by atoms with Crippen LogP contribution in [0.25, 0.3) is 0 Å². The molecule has 2 heterocycles. The average Bonchev–Trinajstić information content (AvgIpc) is 2.59. The number of hydrogen-bond donors (Lipinski definition) is 1. The fourth-order valence-corrected chi connectivity index (χ4v) is 1.74. The third kappa shape index (κ3) is 1.40. The molecule has 1 unspecified atom stereocenters. The molecule has 0 aromatic rings. The zero-order valence-corrected chi connectivity index (χ0v) is 8.61. The smallest absolute Gasteiger partial charge is 0.132 e. The van der Waals surface area contributed by atoms with Crippen LogP contribution in [0.4, 0.5) is 0 Å². The number of nitrogens with zero attached hydrogens (tertiary/aromatic N) is 2. The molecule has 0 amide bonds. The monoisotopic (exact) mass is 220 g/mol. The number of aliphatic imine (C=N–C) groups is 2. The van der Waals surface area contributed by atoms with Gasteiger partial charge in [0.2, 0.25) is 0 Å². The van der Waals surface area contributed by atoms with E-state index in [-0.39, 0.29) is 12.4 Å². The van der Waals surface area contributed by atoms with E-state index in [1.807, 2.05) is 12.2 Å². The first-order valence-electron chi connectivity index (χ1n) is 4.41. The molecule has 0 fully saturated rings. The molecule has 4 heteroatoms. The van der Waals surface area contributed by atoms with Gasteiger partial charge in [-0.3, -0.25) is 9.98 Å². The Morgan fingerprint density at radius 3 is 3.07 bits per heavy atom. The minimum absolute atomic E-state index is 0. The van der Waals surface area contributed by atoms with Crippen LogP contribution in [0.15, 0.2) is 57.3 Å². The highest BCUT2D eigenvalue weighted by molar-refractivity contribution is 5.90. The quantitative estimate of drug-likeness (QED) is 0.662. The highest BCUT2D eigenvalue weighted by atomic mass is 35.5. The fraction of sp³-hybridized carbons (Fsp3) is 0.0909. The van der Waals surface area contributed by atoms with E-state index in [1.54, 1.807) is 30.8 Å². The van der Waals surface area contributed by atoms with Crippen molar-refractivity contribution in [3.8, 4) is 0 Å². The van der Waals surface area contributed by atoms with Crippen LogP contribution >= 0.6 is 12.4 Å². The summed E-state index contributed by atoms with van der Waals surface area (Å²) in [6.07, 6.45) is 12.3. The van der Waals surface area contributed by atoms with E-state index in [0.29, 0.717) is 0 Å². The lowest BCUT2D eigenvalue weighted by atomic mass is 9.85. The first-order chi connectivity index (χ1) is 6.78. The maximum atomic E-state index is 10.2.